The van der Waals surface area contributed by atoms with Crippen LogP contribution in [0.3, 0.4) is 0 Å². The highest BCUT2D eigenvalue weighted by Crippen LogP contribution is 2.40. The maximum atomic E-state index is 12.4. The molecule has 2 heterocycles. The third-order valence-corrected chi connectivity index (χ3v) is 6.11. The first-order valence-corrected chi connectivity index (χ1v) is 9.90. The van der Waals surface area contributed by atoms with Crippen molar-refractivity contribution in [2.75, 3.05) is 39.3 Å². The normalized spacial score (nSPS) is 27.0. The third-order valence-electron chi connectivity index (χ3n) is 6.11. The van der Waals surface area contributed by atoms with E-state index in [0.717, 1.165) is 51.5 Å². The van der Waals surface area contributed by atoms with Crippen LogP contribution in [0.5, 0.6) is 5.75 Å². The monoisotopic (exact) mass is 342 g/mol. The molecule has 3 aliphatic rings. The van der Waals surface area contributed by atoms with Crippen molar-refractivity contribution in [1.29, 1.82) is 0 Å². The van der Waals surface area contributed by atoms with Crippen LogP contribution in [-0.2, 0) is 4.79 Å². The van der Waals surface area contributed by atoms with Crippen LogP contribution in [0.25, 0.3) is 0 Å². The van der Waals surface area contributed by atoms with Crippen molar-refractivity contribution >= 4 is 5.91 Å². The Morgan fingerprint density at radius 2 is 1.96 bits per heavy atom. The number of piperidine rings is 1. The standard InChI is InChI=1S/C21H30N2O2/c24-20(15-18-7-8-18)23-12-10-21(17-23)9-4-11-22(16-21)13-14-25-19-5-2-1-3-6-19/h1-3,5-6,18H,4,7-17H2/t21-/m0/s1. The molecule has 1 spiro atoms. The lowest BCUT2D eigenvalue weighted by Crippen LogP contribution is -2.46. The van der Waals surface area contributed by atoms with E-state index in [-0.39, 0.29) is 0 Å². The molecule has 0 N–H and O–H groups in total. The molecule has 1 amide bonds. The highest BCUT2D eigenvalue weighted by atomic mass is 16.5. The van der Waals surface area contributed by atoms with Crippen molar-refractivity contribution in [3.8, 4) is 5.75 Å². The molecule has 4 heteroatoms. The molecule has 2 aliphatic heterocycles. The molecular formula is C21H30N2O2. The van der Waals surface area contributed by atoms with Gasteiger partial charge in [0.1, 0.15) is 12.4 Å². The van der Waals surface area contributed by atoms with Gasteiger partial charge in [0.2, 0.25) is 5.91 Å². The van der Waals surface area contributed by atoms with Crippen LogP contribution in [0, 0.1) is 11.3 Å². The molecule has 0 radical (unpaired) electrons. The number of hydrogen-bond acceptors (Lipinski definition) is 3. The van der Waals surface area contributed by atoms with Crippen LogP contribution in [0.1, 0.15) is 38.5 Å². The average Bonchev–Trinajstić information content (AvgIpc) is 3.35. The lowest BCUT2D eigenvalue weighted by atomic mass is 9.79. The molecule has 1 aromatic carbocycles. The molecule has 25 heavy (non-hydrogen) atoms. The Balaban J connectivity index is 1.25. The van der Waals surface area contributed by atoms with Crippen LogP contribution < -0.4 is 4.74 Å². The molecule has 4 rings (SSSR count). The van der Waals surface area contributed by atoms with E-state index in [9.17, 15) is 4.79 Å². The fourth-order valence-electron chi connectivity index (χ4n) is 4.49. The van der Waals surface area contributed by atoms with Gasteiger partial charge in [-0.25, -0.2) is 0 Å². The largest absolute Gasteiger partial charge is 0.492 e. The second-order valence-electron chi connectivity index (χ2n) is 8.25. The summed E-state index contributed by atoms with van der Waals surface area (Å²) in [5.74, 6) is 2.05. The van der Waals surface area contributed by atoms with E-state index < -0.39 is 0 Å². The molecule has 1 saturated carbocycles. The van der Waals surface area contributed by atoms with E-state index in [4.69, 9.17) is 4.74 Å². The third kappa shape index (κ3) is 4.35. The fraction of sp³-hybridized carbons (Fsp3) is 0.667. The molecule has 1 atom stereocenters. The SMILES string of the molecule is O=C(CC1CC1)N1CC[C@]2(CCCN(CCOc3ccccc3)C2)C1. The zero-order chi connectivity index (χ0) is 17.1. The minimum atomic E-state index is 0.338. The van der Waals surface area contributed by atoms with Crippen molar-refractivity contribution in [2.45, 2.75) is 38.5 Å². The van der Waals surface area contributed by atoms with E-state index in [1.807, 2.05) is 30.3 Å². The Hall–Kier alpha value is -1.55. The zero-order valence-corrected chi connectivity index (χ0v) is 15.2. The Morgan fingerprint density at radius 1 is 1.12 bits per heavy atom. The van der Waals surface area contributed by atoms with E-state index in [1.54, 1.807) is 0 Å². The van der Waals surface area contributed by atoms with E-state index in [2.05, 4.69) is 9.80 Å². The summed E-state index contributed by atoms with van der Waals surface area (Å²) in [6, 6.07) is 10.1. The Bertz CT molecular complexity index is 587. The van der Waals surface area contributed by atoms with Gasteiger partial charge in [-0.05, 0) is 56.7 Å². The van der Waals surface area contributed by atoms with Crippen molar-refractivity contribution in [1.82, 2.24) is 9.80 Å². The highest BCUT2D eigenvalue weighted by molar-refractivity contribution is 5.77. The summed E-state index contributed by atoms with van der Waals surface area (Å²) in [5, 5.41) is 0. The highest BCUT2D eigenvalue weighted by Gasteiger charge is 2.43. The van der Waals surface area contributed by atoms with Crippen LogP contribution >= 0.6 is 0 Å². The van der Waals surface area contributed by atoms with E-state index in [0.29, 0.717) is 17.2 Å². The van der Waals surface area contributed by atoms with Gasteiger partial charge in [0.25, 0.3) is 0 Å². The first kappa shape index (κ1) is 16.9. The Labute approximate surface area is 151 Å². The van der Waals surface area contributed by atoms with Gasteiger partial charge in [-0.1, -0.05) is 18.2 Å². The number of carbonyl (C=O) groups excluding carboxylic acids is 1. The fourth-order valence-corrected chi connectivity index (χ4v) is 4.49. The summed E-state index contributed by atoms with van der Waals surface area (Å²) in [6.07, 6.45) is 7.02. The van der Waals surface area contributed by atoms with Crippen LogP contribution in [0.4, 0.5) is 0 Å². The van der Waals surface area contributed by atoms with Gasteiger partial charge in [-0.3, -0.25) is 9.69 Å². The second-order valence-corrected chi connectivity index (χ2v) is 8.25. The van der Waals surface area contributed by atoms with Gasteiger partial charge in [-0.2, -0.15) is 0 Å². The average molecular weight is 342 g/mol. The van der Waals surface area contributed by atoms with Crippen molar-refractivity contribution < 1.29 is 9.53 Å². The number of rotatable bonds is 6. The van der Waals surface area contributed by atoms with Crippen molar-refractivity contribution in [3.05, 3.63) is 30.3 Å². The number of carbonyl (C=O) groups is 1. The molecule has 1 aromatic rings. The minimum Gasteiger partial charge on any atom is -0.492 e. The molecule has 0 bridgehead atoms. The number of amides is 1. The topological polar surface area (TPSA) is 32.8 Å². The molecule has 2 saturated heterocycles. The summed E-state index contributed by atoms with van der Waals surface area (Å²) >= 11 is 0. The predicted octanol–water partition coefficient (Wildman–Crippen LogP) is 3.18. The first-order chi connectivity index (χ1) is 12.2. The zero-order valence-electron chi connectivity index (χ0n) is 15.2. The Kier molecular flexibility index (Phi) is 4.98. The number of para-hydroxylation sites is 1. The smallest absolute Gasteiger partial charge is 0.222 e. The van der Waals surface area contributed by atoms with Gasteiger partial charge < -0.3 is 9.64 Å². The number of ether oxygens (including phenoxy) is 1. The molecular weight excluding hydrogens is 312 g/mol. The van der Waals surface area contributed by atoms with Gasteiger partial charge in [-0.15, -0.1) is 0 Å². The predicted molar refractivity (Wildman–Crippen MR) is 98.6 cm³/mol. The maximum absolute atomic E-state index is 12.4. The van der Waals surface area contributed by atoms with Crippen LogP contribution in [0.15, 0.2) is 30.3 Å². The summed E-state index contributed by atoms with van der Waals surface area (Å²) < 4.78 is 5.86. The molecule has 3 fully saturated rings. The molecule has 0 unspecified atom stereocenters. The van der Waals surface area contributed by atoms with Gasteiger partial charge in [0.05, 0.1) is 0 Å². The van der Waals surface area contributed by atoms with Crippen LogP contribution in [0.2, 0.25) is 0 Å². The van der Waals surface area contributed by atoms with Crippen molar-refractivity contribution in [2.24, 2.45) is 11.3 Å². The minimum absolute atomic E-state index is 0.338. The van der Waals surface area contributed by atoms with Gasteiger partial charge >= 0.3 is 0 Å². The Morgan fingerprint density at radius 3 is 2.76 bits per heavy atom. The number of hydrogen-bond donors (Lipinski definition) is 0. The van der Waals surface area contributed by atoms with E-state index in [1.165, 1.54) is 32.1 Å². The first-order valence-electron chi connectivity index (χ1n) is 9.90. The number of benzene rings is 1. The quantitative estimate of drug-likeness (QED) is 0.796. The summed E-state index contributed by atoms with van der Waals surface area (Å²) in [7, 11) is 0. The summed E-state index contributed by atoms with van der Waals surface area (Å²) in [5.41, 5.74) is 0.338. The lowest BCUT2D eigenvalue weighted by molar-refractivity contribution is -0.131. The molecule has 136 valence electrons. The summed E-state index contributed by atoms with van der Waals surface area (Å²) in [4.78, 5) is 17.1. The second kappa shape index (κ2) is 7.36. The number of nitrogens with zero attached hydrogens (tertiary/aromatic N) is 2. The summed E-state index contributed by atoms with van der Waals surface area (Å²) in [6.45, 7) is 5.96. The molecule has 4 nitrogen and oxygen atoms in total. The van der Waals surface area contributed by atoms with E-state index >= 15 is 0 Å². The molecule has 0 aromatic heterocycles. The number of likely N-dealkylation sites (tertiary alicyclic amines) is 2. The van der Waals surface area contributed by atoms with Gasteiger partial charge in [0, 0.05) is 38.0 Å². The van der Waals surface area contributed by atoms with Crippen molar-refractivity contribution in [3.63, 3.8) is 0 Å². The van der Waals surface area contributed by atoms with Crippen LogP contribution in [-0.4, -0.2) is 55.0 Å². The maximum Gasteiger partial charge on any atom is 0.222 e. The lowest BCUT2D eigenvalue weighted by Gasteiger charge is -2.40. The molecule has 1 aliphatic carbocycles. The van der Waals surface area contributed by atoms with Gasteiger partial charge in [0.15, 0.2) is 0 Å².